The maximum Gasteiger partial charge on any atom is 0.252 e. The van der Waals surface area contributed by atoms with Crippen molar-refractivity contribution in [3.05, 3.63) is 283 Å². The highest BCUT2D eigenvalue weighted by Crippen LogP contribution is 2.60. The molecule has 0 radical (unpaired) electrons. The lowest BCUT2D eigenvalue weighted by molar-refractivity contribution is 0.480. The van der Waals surface area contributed by atoms with Crippen LogP contribution in [0.25, 0.3) is 22.3 Å². The maximum atomic E-state index is 6.63. The van der Waals surface area contributed by atoms with Gasteiger partial charge in [0.1, 0.15) is 23.0 Å². The summed E-state index contributed by atoms with van der Waals surface area (Å²) in [6.45, 7) is 9.52. The molecule has 0 saturated carbocycles. The van der Waals surface area contributed by atoms with Gasteiger partial charge in [0.15, 0.2) is 0 Å². The number of anilines is 9. The van der Waals surface area contributed by atoms with Gasteiger partial charge in [-0.1, -0.05) is 191 Å². The van der Waals surface area contributed by atoms with Gasteiger partial charge in [-0.05, 0) is 187 Å². The molecule has 0 atom stereocenters. The van der Waals surface area contributed by atoms with Gasteiger partial charge in [0.2, 0.25) is 6.71 Å². The van der Waals surface area contributed by atoms with Crippen molar-refractivity contribution in [3.63, 3.8) is 0 Å². The van der Waals surface area contributed by atoms with Crippen LogP contribution in [0.3, 0.4) is 0 Å². The molecule has 0 amide bonds. The largest absolute Gasteiger partial charge is 0.457 e. The lowest BCUT2D eigenvalue weighted by atomic mass is 9.30. The van der Waals surface area contributed by atoms with Gasteiger partial charge in [0, 0.05) is 71.8 Å². The molecule has 0 N–H and O–H groups in total. The number of ether oxygens (including phenoxy) is 2. The molecule has 2 aliphatic carbocycles. The maximum absolute atomic E-state index is 6.63. The molecule has 5 nitrogen and oxygen atoms in total. The molecule has 0 fully saturated rings. The van der Waals surface area contributed by atoms with E-state index >= 15 is 0 Å². The van der Waals surface area contributed by atoms with Crippen molar-refractivity contribution in [2.45, 2.75) is 48.3 Å². The van der Waals surface area contributed by atoms with E-state index in [0.29, 0.717) is 0 Å². The first kappa shape index (κ1) is 49.5. The molecule has 0 aromatic heterocycles. The number of nitrogens with zero attached hydrogens (tertiary/aromatic N) is 3. The quantitative estimate of drug-likeness (QED) is 0.148. The fourth-order valence-electron chi connectivity index (χ4n) is 15.7. The van der Waals surface area contributed by atoms with Gasteiger partial charge in [-0.2, -0.15) is 0 Å². The molecular weight excluding hydrogens is 1060 g/mol. The Morgan fingerprint density at radius 2 is 0.744 bits per heavy atom. The van der Waals surface area contributed by atoms with Crippen molar-refractivity contribution in [1.29, 1.82) is 0 Å². The number of benzene rings is 12. The second kappa shape index (κ2) is 18.3. The lowest BCUT2D eigenvalue weighted by Gasteiger charge is -2.47. The minimum absolute atomic E-state index is 0.0639. The van der Waals surface area contributed by atoms with E-state index in [0.717, 1.165) is 40.1 Å². The Balaban J connectivity index is 0.901. The summed E-state index contributed by atoms with van der Waals surface area (Å²) >= 11 is 1.94. The topological polar surface area (TPSA) is 28.2 Å². The molecule has 6 aliphatic rings. The third-order valence-corrected chi connectivity index (χ3v) is 20.4. The summed E-state index contributed by atoms with van der Waals surface area (Å²) in [5, 5.41) is 0. The molecule has 8 heteroatoms. The van der Waals surface area contributed by atoms with E-state index in [-0.39, 0.29) is 18.8 Å². The van der Waals surface area contributed by atoms with E-state index in [2.05, 4.69) is 243 Å². The molecule has 0 bridgehead atoms. The van der Waals surface area contributed by atoms with Gasteiger partial charge in [0.25, 0.3) is 6.71 Å². The number of hydrogen-bond donors (Lipinski definition) is 0. The van der Waals surface area contributed by atoms with Crippen LogP contribution in [0.2, 0.25) is 0 Å². The zero-order valence-corrected chi connectivity index (χ0v) is 48.9. The summed E-state index contributed by atoms with van der Waals surface area (Å²) in [4.78, 5) is 10.4. The fraction of sp³-hybridized carbons (Fsp3) is 0.0769. The van der Waals surface area contributed by atoms with E-state index in [4.69, 9.17) is 9.47 Å². The molecule has 0 spiro atoms. The minimum atomic E-state index is -0.417. The van der Waals surface area contributed by atoms with E-state index in [1.807, 2.05) is 72.4 Å². The van der Waals surface area contributed by atoms with Crippen LogP contribution in [0.5, 0.6) is 23.0 Å². The average molecular weight is 1120 g/mol. The van der Waals surface area contributed by atoms with Gasteiger partial charge in [0.05, 0.1) is 0 Å². The highest BCUT2D eigenvalue weighted by atomic mass is 32.2. The Labute approximate surface area is 506 Å². The van der Waals surface area contributed by atoms with Crippen molar-refractivity contribution in [2.24, 2.45) is 0 Å². The Kier molecular flexibility index (Phi) is 10.5. The van der Waals surface area contributed by atoms with E-state index in [9.17, 15) is 0 Å². The molecule has 86 heavy (non-hydrogen) atoms. The van der Waals surface area contributed by atoms with Crippen molar-refractivity contribution >= 4 is 109 Å². The predicted octanol–water partition coefficient (Wildman–Crippen LogP) is 16.7. The number of para-hydroxylation sites is 7. The van der Waals surface area contributed by atoms with Crippen molar-refractivity contribution in [3.8, 4) is 45.3 Å². The second-order valence-corrected chi connectivity index (χ2v) is 25.8. The number of rotatable bonds is 7. The van der Waals surface area contributed by atoms with E-state index < -0.39 is 5.41 Å². The van der Waals surface area contributed by atoms with Crippen molar-refractivity contribution < 1.29 is 9.47 Å². The summed E-state index contributed by atoms with van der Waals surface area (Å²) in [7, 11) is 0. The van der Waals surface area contributed by atoms with Crippen molar-refractivity contribution in [1.82, 2.24) is 0 Å². The SMILES string of the molecule is CC1(C)c2cc(Oc3ccccc3)ccc2-c2cc3c4c(c21)N(c1ccccc1)c1ccccc1B4c1cc2c(cc1S3)N(c1ccccc1)c1cc3c(c4c1B2c1ccccc1N4c1ccccc1)C(C)(C)c1cc(Oc2ccccc2)ccc1-3. The van der Waals surface area contributed by atoms with Crippen LogP contribution in [-0.2, 0) is 10.8 Å². The Bertz CT molecular complexity index is 4830. The summed E-state index contributed by atoms with van der Waals surface area (Å²) in [5.74, 6) is 3.33. The smallest absolute Gasteiger partial charge is 0.252 e. The Morgan fingerprint density at radius 3 is 1.26 bits per heavy atom. The second-order valence-electron chi connectivity index (χ2n) is 24.7. The van der Waals surface area contributed by atoms with Crippen LogP contribution in [0.4, 0.5) is 51.2 Å². The van der Waals surface area contributed by atoms with Crippen LogP contribution < -0.4 is 57.0 Å². The lowest BCUT2D eigenvalue weighted by Crippen LogP contribution is -2.65. The number of fused-ring (bicyclic) bond motifs is 16. The first-order valence-corrected chi connectivity index (χ1v) is 30.8. The van der Waals surface area contributed by atoms with E-state index in [1.165, 1.54) is 121 Å². The number of hydrogen-bond acceptors (Lipinski definition) is 6. The molecule has 12 aromatic carbocycles. The van der Waals surface area contributed by atoms with Crippen LogP contribution >= 0.6 is 11.8 Å². The zero-order chi connectivity index (χ0) is 57.2. The first-order chi connectivity index (χ1) is 42.2. The van der Waals surface area contributed by atoms with E-state index in [1.54, 1.807) is 0 Å². The fourth-order valence-corrected chi connectivity index (χ4v) is 16.9. The molecule has 4 heterocycles. The van der Waals surface area contributed by atoms with Gasteiger partial charge in [-0.15, -0.1) is 0 Å². The van der Waals surface area contributed by atoms with Crippen LogP contribution in [0.1, 0.15) is 49.9 Å². The van der Waals surface area contributed by atoms with Gasteiger partial charge in [-0.3, -0.25) is 0 Å². The average Bonchev–Trinajstić information content (AvgIpc) is 0.923. The summed E-state index contributed by atoms with van der Waals surface area (Å²) in [6, 6.07) is 95.8. The Hall–Kier alpha value is -9.88. The zero-order valence-electron chi connectivity index (χ0n) is 48.0. The molecule has 12 aromatic rings. The van der Waals surface area contributed by atoms with Gasteiger partial charge >= 0.3 is 0 Å². The summed E-state index contributed by atoms with van der Waals surface area (Å²) in [5.41, 5.74) is 28.1. The first-order valence-electron chi connectivity index (χ1n) is 30.0. The van der Waals surface area contributed by atoms with Crippen molar-refractivity contribution in [2.75, 3.05) is 14.7 Å². The third-order valence-electron chi connectivity index (χ3n) is 19.3. The molecule has 4 aliphatic heterocycles. The van der Waals surface area contributed by atoms with Crippen LogP contribution in [0.15, 0.2) is 271 Å². The minimum Gasteiger partial charge on any atom is -0.457 e. The Morgan fingerprint density at radius 1 is 0.314 bits per heavy atom. The standard InChI is InChI=1S/C78H55B2N3O2S/c1-77(2)59-42-53(84-51-30-16-8-17-31-51)38-40-55(59)57-44-68-73-75(71(57)77)82(49-26-12-6-13-27-49)65-36-22-20-34-61(65)79(73)63-46-64-69(47-67(63)81(68)48-24-10-5-11-25-48)86-70-45-58-56-41-39-54(85-52-32-18-9-19-33-52)43-60(56)78(3,4)72(58)76-74(70)80(64)62-35-21-23-37-66(62)83(76)50-28-14-7-15-29-50/h5-47H,1-4H3. The summed E-state index contributed by atoms with van der Waals surface area (Å²) in [6.07, 6.45) is 0. The highest BCUT2D eigenvalue weighted by Gasteiger charge is 2.52. The monoisotopic (exact) mass is 1120 g/mol. The summed E-state index contributed by atoms with van der Waals surface area (Å²) < 4.78 is 13.2. The van der Waals surface area contributed by atoms with Crippen LogP contribution in [0, 0.1) is 0 Å². The molecular formula is C78H55B2N3O2S. The van der Waals surface area contributed by atoms with Gasteiger partial charge < -0.3 is 24.2 Å². The normalized spacial score (nSPS) is 15.0. The molecule has 0 unspecified atom stereocenters. The molecule has 406 valence electrons. The predicted molar refractivity (Wildman–Crippen MR) is 359 cm³/mol. The third kappa shape index (κ3) is 6.99. The highest BCUT2D eigenvalue weighted by molar-refractivity contribution is 8.00. The van der Waals surface area contributed by atoms with Gasteiger partial charge in [-0.25, -0.2) is 0 Å². The molecule has 0 saturated heterocycles. The molecule has 18 rings (SSSR count). The van der Waals surface area contributed by atoms with Crippen LogP contribution in [-0.4, -0.2) is 13.4 Å².